The Bertz CT molecular complexity index is 678. The van der Waals surface area contributed by atoms with Crippen LogP contribution in [0.15, 0.2) is 29.2 Å². The van der Waals surface area contributed by atoms with Crippen LogP contribution in [0, 0.1) is 0 Å². The van der Waals surface area contributed by atoms with E-state index in [1.54, 1.807) is 18.2 Å². The zero-order chi connectivity index (χ0) is 12.6. The normalized spacial score (nSPS) is 11.9. The molecule has 17 heavy (non-hydrogen) atoms. The van der Waals surface area contributed by atoms with Crippen LogP contribution in [0.5, 0.6) is 0 Å². The van der Waals surface area contributed by atoms with E-state index >= 15 is 0 Å². The van der Waals surface area contributed by atoms with E-state index in [4.69, 9.17) is 5.73 Å². The summed E-state index contributed by atoms with van der Waals surface area (Å²) in [6.07, 6.45) is 1.97. The number of anilines is 1. The van der Waals surface area contributed by atoms with E-state index in [1.807, 2.05) is 13.0 Å². The van der Waals surface area contributed by atoms with E-state index in [0.29, 0.717) is 16.2 Å². The van der Waals surface area contributed by atoms with Crippen molar-refractivity contribution in [1.82, 2.24) is 4.98 Å². The molecule has 1 aromatic carbocycles. The lowest BCUT2D eigenvalue weighted by Gasteiger charge is -2.06. The van der Waals surface area contributed by atoms with Gasteiger partial charge < -0.3 is 5.73 Å². The standard InChI is InChI=1S/C12H14N2O2S/c1-3-8-6-9-7-10(17(2,15)16)4-5-11(9)14-12(8)13/h4-7H,3H2,1-2H3,(H2,13,14). The average Bonchev–Trinajstić information content (AvgIpc) is 2.26. The van der Waals surface area contributed by atoms with Crippen molar-refractivity contribution in [2.75, 3.05) is 12.0 Å². The summed E-state index contributed by atoms with van der Waals surface area (Å²) in [5.41, 5.74) is 7.44. The van der Waals surface area contributed by atoms with Gasteiger partial charge in [-0.3, -0.25) is 0 Å². The number of pyridine rings is 1. The van der Waals surface area contributed by atoms with Gasteiger partial charge in [0.15, 0.2) is 9.84 Å². The second-order valence-corrected chi connectivity index (χ2v) is 6.03. The summed E-state index contributed by atoms with van der Waals surface area (Å²) in [4.78, 5) is 4.56. The summed E-state index contributed by atoms with van der Waals surface area (Å²) in [6, 6.07) is 6.76. The van der Waals surface area contributed by atoms with Crippen LogP contribution < -0.4 is 5.73 Å². The second-order valence-electron chi connectivity index (χ2n) is 4.01. The molecule has 0 aliphatic carbocycles. The monoisotopic (exact) mass is 250 g/mol. The fraction of sp³-hybridized carbons (Fsp3) is 0.250. The minimum Gasteiger partial charge on any atom is -0.383 e. The molecule has 2 rings (SSSR count). The lowest BCUT2D eigenvalue weighted by molar-refractivity contribution is 0.602. The van der Waals surface area contributed by atoms with Gasteiger partial charge in [0.1, 0.15) is 5.82 Å². The second kappa shape index (κ2) is 4.00. The Kier molecular flexibility index (Phi) is 2.79. The number of rotatable bonds is 2. The fourth-order valence-electron chi connectivity index (χ4n) is 1.73. The lowest BCUT2D eigenvalue weighted by Crippen LogP contribution is -1.99. The molecular formula is C12H14N2O2S. The molecule has 0 bridgehead atoms. The van der Waals surface area contributed by atoms with Crippen molar-refractivity contribution in [2.45, 2.75) is 18.2 Å². The molecule has 0 saturated carbocycles. The van der Waals surface area contributed by atoms with Crippen molar-refractivity contribution >= 4 is 26.6 Å². The van der Waals surface area contributed by atoms with Crippen LogP contribution in [-0.4, -0.2) is 19.7 Å². The molecule has 0 fully saturated rings. The van der Waals surface area contributed by atoms with Gasteiger partial charge in [-0.25, -0.2) is 13.4 Å². The number of aromatic nitrogens is 1. The molecule has 0 unspecified atom stereocenters. The molecule has 90 valence electrons. The maximum Gasteiger partial charge on any atom is 0.175 e. The number of sulfone groups is 1. The summed E-state index contributed by atoms with van der Waals surface area (Å²) < 4.78 is 22.9. The van der Waals surface area contributed by atoms with Crippen LogP contribution in [-0.2, 0) is 16.3 Å². The quantitative estimate of drug-likeness (QED) is 0.881. The van der Waals surface area contributed by atoms with Gasteiger partial charge in [0.25, 0.3) is 0 Å². The Hall–Kier alpha value is -1.62. The van der Waals surface area contributed by atoms with Gasteiger partial charge in [-0.15, -0.1) is 0 Å². The van der Waals surface area contributed by atoms with Crippen LogP contribution in [0.4, 0.5) is 5.82 Å². The highest BCUT2D eigenvalue weighted by molar-refractivity contribution is 7.90. The Balaban J connectivity index is 2.73. The highest BCUT2D eigenvalue weighted by Crippen LogP contribution is 2.22. The number of aryl methyl sites for hydroxylation is 1. The van der Waals surface area contributed by atoms with E-state index in [-0.39, 0.29) is 0 Å². The third kappa shape index (κ3) is 2.24. The molecule has 0 saturated heterocycles. The lowest BCUT2D eigenvalue weighted by atomic mass is 10.1. The summed E-state index contributed by atoms with van der Waals surface area (Å²) in [5.74, 6) is 0.507. The number of hydrogen-bond acceptors (Lipinski definition) is 4. The van der Waals surface area contributed by atoms with E-state index in [2.05, 4.69) is 4.98 Å². The van der Waals surface area contributed by atoms with Gasteiger partial charge >= 0.3 is 0 Å². The van der Waals surface area contributed by atoms with Crippen LogP contribution in [0.2, 0.25) is 0 Å². The maximum absolute atomic E-state index is 11.5. The number of hydrogen-bond donors (Lipinski definition) is 1. The molecule has 5 heteroatoms. The first-order valence-electron chi connectivity index (χ1n) is 5.31. The molecule has 0 aliphatic heterocycles. The van der Waals surface area contributed by atoms with E-state index in [1.165, 1.54) is 6.26 Å². The van der Waals surface area contributed by atoms with Crippen LogP contribution >= 0.6 is 0 Å². The van der Waals surface area contributed by atoms with Crippen LogP contribution in [0.1, 0.15) is 12.5 Å². The van der Waals surface area contributed by atoms with Gasteiger partial charge in [0.05, 0.1) is 10.4 Å². The molecule has 0 amide bonds. The first-order chi connectivity index (χ1) is 7.91. The van der Waals surface area contributed by atoms with Crippen LogP contribution in [0.3, 0.4) is 0 Å². The van der Waals surface area contributed by atoms with Crippen molar-refractivity contribution in [2.24, 2.45) is 0 Å². The molecule has 4 nitrogen and oxygen atoms in total. The van der Waals surface area contributed by atoms with Crippen molar-refractivity contribution < 1.29 is 8.42 Å². The fourth-order valence-corrected chi connectivity index (χ4v) is 2.38. The molecular weight excluding hydrogens is 236 g/mol. The zero-order valence-electron chi connectivity index (χ0n) is 9.77. The van der Waals surface area contributed by atoms with Gasteiger partial charge in [-0.05, 0) is 36.2 Å². The predicted molar refractivity (Wildman–Crippen MR) is 68.6 cm³/mol. The third-order valence-electron chi connectivity index (χ3n) is 2.71. The van der Waals surface area contributed by atoms with Crippen molar-refractivity contribution in [3.8, 4) is 0 Å². The number of fused-ring (bicyclic) bond motifs is 1. The van der Waals surface area contributed by atoms with Crippen molar-refractivity contribution in [3.05, 3.63) is 29.8 Å². The van der Waals surface area contributed by atoms with Gasteiger partial charge in [-0.1, -0.05) is 6.92 Å². The van der Waals surface area contributed by atoms with Crippen LogP contribution in [0.25, 0.3) is 10.9 Å². The van der Waals surface area contributed by atoms with E-state index < -0.39 is 9.84 Å². The average molecular weight is 250 g/mol. The maximum atomic E-state index is 11.5. The number of nitrogen functional groups attached to an aromatic ring is 1. The Morgan fingerprint density at radius 3 is 2.59 bits per heavy atom. The smallest absolute Gasteiger partial charge is 0.175 e. The summed E-state index contributed by atoms with van der Waals surface area (Å²) in [7, 11) is -3.18. The molecule has 0 radical (unpaired) electrons. The number of nitrogens with zero attached hydrogens (tertiary/aromatic N) is 1. The van der Waals surface area contributed by atoms with Gasteiger partial charge in [-0.2, -0.15) is 0 Å². The highest BCUT2D eigenvalue weighted by atomic mass is 32.2. The minimum atomic E-state index is -3.18. The molecule has 0 atom stereocenters. The van der Waals surface area contributed by atoms with Crippen molar-refractivity contribution in [1.29, 1.82) is 0 Å². The van der Waals surface area contributed by atoms with Gasteiger partial charge in [0.2, 0.25) is 0 Å². The van der Waals surface area contributed by atoms with Gasteiger partial charge in [0, 0.05) is 11.6 Å². The Labute approximate surface area is 100 Å². The Morgan fingerprint density at radius 2 is 2.00 bits per heavy atom. The molecule has 0 spiro atoms. The summed E-state index contributed by atoms with van der Waals surface area (Å²) in [6.45, 7) is 1.99. The molecule has 1 aromatic heterocycles. The predicted octanol–water partition coefficient (Wildman–Crippen LogP) is 1.78. The number of nitrogens with two attached hydrogens (primary N) is 1. The number of benzene rings is 1. The Morgan fingerprint density at radius 1 is 1.29 bits per heavy atom. The topological polar surface area (TPSA) is 73.0 Å². The highest BCUT2D eigenvalue weighted by Gasteiger charge is 2.09. The molecule has 2 N–H and O–H groups in total. The zero-order valence-corrected chi connectivity index (χ0v) is 10.6. The third-order valence-corrected chi connectivity index (χ3v) is 3.82. The van der Waals surface area contributed by atoms with E-state index in [0.717, 1.165) is 17.4 Å². The van der Waals surface area contributed by atoms with Crippen molar-refractivity contribution in [3.63, 3.8) is 0 Å². The molecule has 0 aliphatic rings. The minimum absolute atomic E-state index is 0.304. The SMILES string of the molecule is CCc1cc2cc(S(C)(=O)=O)ccc2nc1N. The summed E-state index contributed by atoms with van der Waals surface area (Å²) >= 11 is 0. The first-order valence-corrected chi connectivity index (χ1v) is 7.20. The van der Waals surface area contributed by atoms with E-state index in [9.17, 15) is 8.42 Å². The molecule has 2 aromatic rings. The summed E-state index contributed by atoms with van der Waals surface area (Å²) in [5, 5.41) is 0.805. The molecule has 1 heterocycles. The first kappa shape index (κ1) is 11.9. The largest absolute Gasteiger partial charge is 0.383 e.